The van der Waals surface area contributed by atoms with Crippen molar-refractivity contribution in [2.75, 3.05) is 9.62 Å². The molecule has 184 valence electrons. The fourth-order valence-electron chi connectivity index (χ4n) is 7.38. The van der Waals surface area contributed by atoms with Crippen molar-refractivity contribution in [2.45, 2.75) is 0 Å². The number of para-hydroxylation sites is 2. The Morgan fingerprint density at radius 3 is 1.62 bits per heavy atom. The maximum absolute atomic E-state index is 2.60. The van der Waals surface area contributed by atoms with Crippen LogP contribution in [0.4, 0.5) is 22.7 Å². The Morgan fingerprint density at radius 1 is 0.350 bits per heavy atom. The third-order valence-electron chi connectivity index (χ3n) is 8.88. The SMILES string of the molecule is c1ccc(B2c3cccc4c3-c3c(cccc3N2c2ccccc2)B2c3ccccc3-c3ccccc3N24)cc1. The molecular weight excluding hydrogens is 482 g/mol. The topological polar surface area (TPSA) is 6.48 Å². The molecule has 0 bridgehead atoms. The van der Waals surface area contributed by atoms with Crippen LogP contribution in [-0.4, -0.2) is 13.7 Å². The summed E-state index contributed by atoms with van der Waals surface area (Å²) < 4.78 is 0. The molecule has 6 aromatic rings. The van der Waals surface area contributed by atoms with Gasteiger partial charge >= 0.3 is 13.7 Å². The Labute approximate surface area is 235 Å². The highest BCUT2D eigenvalue weighted by Gasteiger charge is 2.47. The van der Waals surface area contributed by atoms with Crippen LogP contribution in [-0.2, 0) is 0 Å². The molecule has 4 heteroatoms. The van der Waals surface area contributed by atoms with Gasteiger partial charge in [0.05, 0.1) is 0 Å². The first-order valence-electron chi connectivity index (χ1n) is 14.0. The summed E-state index contributed by atoms with van der Waals surface area (Å²) in [5.41, 5.74) is 15.8. The molecule has 0 N–H and O–H groups in total. The summed E-state index contributed by atoms with van der Waals surface area (Å²) in [6.07, 6.45) is 0. The first kappa shape index (κ1) is 21.9. The number of fused-ring (bicyclic) bond motifs is 8. The quantitative estimate of drug-likeness (QED) is 0.272. The molecule has 0 spiro atoms. The predicted molar refractivity (Wildman–Crippen MR) is 171 cm³/mol. The van der Waals surface area contributed by atoms with Gasteiger partial charge in [0.2, 0.25) is 0 Å². The highest BCUT2D eigenvalue weighted by molar-refractivity contribution is 6.95. The van der Waals surface area contributed by atoms with E-state index >= 15 is 0 Å². The molecule has 0 saturated carbocycles. The summed E-state index contributed by atoms with van der Waals surface area (Å²) in [5.74, 6) is 0. The molecule has 0 amide bonds. The van der Waals surface area contributed by atoms with Crippen molar-refractivity contribution in [3.63, 3.8) is 0 Å². The smallest absolute Gasteiger partial charge is 0.329 e. The molecule has 0 aromatic heterocycles. The largest absolute Gasteiger partial charge is 0.376 e. The molecular formula is C36H24B2N2. The number of nitrogens with zero attached hydrogens (tertiary/aromatic N) is 2. The van der Waals surface area contributed by atoms with Gasteiger partial charge in [0.25, 0.3) is 0 Å². The van der Waals surface area contributed by atoms with Crippen LogP contribution in [0.2, 0.25) is 0 Å². The second-order valence-electron chi connectivity index (χ2n) is 10.9. The fourth-order valence-corrected chi connectivity index (χ4v) is 7.38. The molecule has 0 atom stereocenters. The Bertz CT molecular complexity index is 1750. The first-order chi connectivity index (χ1) is 19.9. The second-order valence-corrected chi connectivity index (χ2v) is 10.9. The van der Waals surface area contributed by atoms with Gasteiger partial charge in [0.15, 0.2) is 0 Å². The summed E-state index contributed by atoms with van der Waals surface area (Å²) in [5, 5.41) is 0. The molecule has 3 heterocycles. The van der Waals surface area contributed by atoms with Gasteiger partial charge in [-0.25, -0.2) is 0 Å². The minimum Gasteiger partial charge on any atom is -0.376 e. The van der Waals surface area contributed by atoms with E-state index < -0.39 is 0 Å². The molecule has 3 aliphatic rings. The minimum absolute atomic E-state index is 0.0603. The van der Waals surface area contributed by atoms with Gasteiger partial charge < -0.3 is 9.62 Å². The van der Waals surface area contributed by atoms with Crippen LogP contribution in [0.3, 0.4) is 0 Å². The van der Waals surface area contributed by atoms with Crippen molar-refractivity contribution in [3.05, 3.63) is 146 Å². The molecule has 0 saturated heterocycles. The lowest BCUT2D eigenvalue weighted by Gasteiger charge is -2.48. The number of anilines is 4. The number of hydrogen-bond acceptors (Lipinski definition) is 2. The summed E-state index contributed by atoms with van der Waals surface area (Å²) in [6.45, 7) is 0.167. The number of hydrogen-bond donors (Lipinski definition) is 0. The van der Waals surface area contributed by atoms with E-state index in [1.165, 1.54) is 66.9 Å². The lowest BCUT2D eigenvalue weighted by atomic mass is 9.39. The van der Waals surface area contributed by atoms with Gasteiger partial charge in [-0.1, -0.05) is 121 Å². The highest BCUT2D eigenvalue weighted by atomic mass is 15.1. The number of rotatable bonds is 2. The van der Waals surface area contributed by atoms with Crippen molar-refractivity contribution in [2.24, 2.45) is 0 Å². The third-order valence-corrected chi connectivity index (χ3v) is 8.88. The van der Waals surface area contributed by atoms with E-state index in [1.807, 2.05) is 0 Å². The third kappa shape index (κ3) is 2.85. The zero-order chi connectivity index (χ0) is 26.2. The molecule has 0 fully saturated rings. The fraction of sp³-hybridized carbons (Fsp3) is 0. The first-order valence-corrected chi connectivity index (χ1v) is 14.0. The van der Waals surface area contributed by atoms with E-state index in [0.717, 1.165) is 0 Å². The van der Waals surface area contributed by atoms with E-state index in [-0.39, 0.29) is 13.7 Å². The van der Waals surface area contributed by atoms with E-state index in [2.05, 4.69) is 155 Å². The highest BCUT2D eigenvalue weighted by Crippen LogP contribution is 2.49. The summed E-state index contributed by atoms with van der Waals surface area (Å²) in [6, 6.07) is 53.6. The Hall–Kier alpha value is -4.95. The monoisotopic (exact) mass is 506 g/mol. The van der Waals surface area contributed by atoms with E-state index in [9.17, 15) is 0 Å². The van der Waals surface area contributed by atoms with Gasteiger partial charge in [0, 0.05) is 39.4 Å². The van der Waals surface area contributed by atoms with Gasteiger partial charge in [-0.2, -0.15) is 0 Å². The van der Waals surface area contributed by atoms with Gasteiger partial charge in [0.1, 0.15) is 0 Å². The zero-order valence-corrected chi connectivity index (χ0v) is 21.9. The Morgan fingerprint density at radius 2 is 0.875 bits per heavy atom. The average Bonchev–Trinajstić information content (AvgIpc) is 3.04. The molecule has 9 rings (SSSR count). The molecule has 40 heavy (non-hydrogen) atoms. The van der Waals surface area contributed by atoms with Crippen LogP contribution >= 0.6 is 0 Å². The molecule has 3 aliphatic heterocycles. The zero-order valence-electron chi connectivity index (χ0n) is 21.9. The van der Waals surface area contributed by atoms with Crippen LogP contribution in [0, 0.1) is 0 Å². The van der Waals surface area contributed by atoms with Crippen molar-refractivity contribution >= 4 is 58.3 Å². The van der Waals surface area contributed by atoms with E-state index in [0.29, 0.717) is 0 Å². The van der Waals surface area contributed by atoms with Crippen LogP contribution < -0.4 is 31.5 Å². The lowest BCUT2D eigenvalue weighted by Crippen LogP contribution is -2.64. The van der Waals surface area contributed by atoms with Crippen molar-refractivity contribution in [1.29, 1.82) is 0 Å². The van der Waals surface area contributed by atoms with Crippen molar-refractivity contribution < 1.29 is 0 Å². The van der Waals surface area contributed by atoms with Gasteiger partial charge in [-0.15, -0.1) is 0 Å². The van der Waals surface area contributed by atoms with Crippen LogP contribution in [0.1, 0.15) is 0 Å². The maximum atomic E-state index is 2.60. The standard InChI is InChI=1S/C36H24B2N2/c1-3-13-25(14-4-1)37-30-20-11-24-34-35(30)36-31(21-12-23-33(36)39(37)26-15-5-2-6-16-26)38-29-19-9-7-17-27(29)28-18-8-10-22-32(28)40(34)38/h1-24H. The molecule has 6 aromatic carbocycles. The maximum Gasteiger partial charge on any atom is 0.329 e. The molecule has 0 radical (unpaired) electrons. The normalized spacial score (nSPS) is 13.8. The molecule has 2 nitrogen and oxygen atoms in total. The van der Waals surface area contributed by atoms with Crippen molar-refractivity contribution in [3.8, 4) is 22.3 Å². The summed E-state index contributed by atoms with van der Waals surface area (Å²) in [7, 11) is 0. The summed E-state index contributed by atoms with van der Waals surface area (Å²) in [4.78, 5) is 5.15. The predicted octanol–water partition coefficient (Wildman–Crippen LogP) is 5.85. The van der Waals surface area contributed by atoms with Gasteiger partial charge in [-0.05, 0) is 52.3 Å². The Balaban J connectivity index is 1.41. The number of benzene rings is 6. The molecule has 0 aliphatic carbocycles. The van der Waals surface area contributed by atoms with Crippen molar-refractivity contribution in [1.82, 2.24) is 0 Å². The van der Waals surface area contributed by atoms with Crippen LogP contribution in [0.5, 0.6) is 0 Å². The lowest BCUT2D eigenvalue weighted by molar-refractivity contribution is 1.32. The van der Waals surface area contributed by atoms with E-state index in [4.69, 9.17) is 0 Å². The Kier molecular flexibility index (Phi) is 4.53. The van der Waals surface area contributed by atoms with Gasteiger partial charge in [-0.3, -0.25) is 0 Å². The second kappa shape index (κ2) is 8.27. The van der Waals surface area contributed by atoms with E-state index in [1.54, 1.807) is 0 Å². The molecule has 0 unspecified atom stereocenters. The van der Waals surface area contributed by atoms with Crippen LogP contribution in [0.15, 0.2) is 146 Å². The summed E-state index contributed by atoms with van der Waals surface area (Å²) >= 11 is 0. The van der Waals surface area contributed by atoms with Crippen LogP contribution in [0.25, 0.3) is 22.3 Å². The minimum atomic E-state index is 0.0603. The average molecular weight is 506 g/mol.